The molecule has 0 saturated carbocycles. The Balaban J connectivity index is -0.000000441. The van der Waals surface area contributed by atoms with Gasteiger partial charge in [0.1, 0.15) is 25.3 Å². The maximum absolute atomic E-state index is 9.82. The van der Waals surface area contributed by atoms with Crippen molar-refractivity contribution in [3.05, 3.63) is 0 Å². The van der Waals surface area contributed by atoms with Crippen LogP contribution in [0, 0.1) is 0 Å². The van der Waals surface area contributed by atoms with Crippen LogP contribution in [0.1, 0.15) is 28.5 Å². The standard InChI is InChI=1S/C18H42N2O4.2ClH.2H2/c1-19(2,3)13-17(21)15-23-11-9-7-8-10-12-24-16-18(22)14-20(4,5)6;;;;/h17-18,21-22H,7-16H2,1-6H3;4*1H/q+2;;;;. The fraction of sp³-hybridized carbons (Fsp3) is 1.00. The molecule has 2 atom stereocenters. The number of likely N-dealkylation sites (N-methyl/N-ethyl adjacent to an activating group) is 2. The van der Waals surface area contributed by atoms with Crippen molar-refractivity contribution in [2.75, 3.05) is 81.8 Å². The molecule has 0 aromatic heterocycles. The summed E-state index contributed by atoms with van der Waals surface area (Å²) in [6, 6.07) is 0. The van der Waals surface area contributed by atoms with Crippen LogP contribution < -0.4 is 0 Å². The lowest BCUT2D eigenvalue weighted by Crippen LogP contribution is -2.43. The van der Waals surface area contributed by atoms with Gasteiger partial charge in [0.15, 0.2) is 0 Å². The Hall–Kier alpha value is 0.340. The van der Waals surface area contributed by atoms with Gasteiger partial charge in [-0.05, 0) is 12.8 Å². The van der Waals surface area contributed by atoms with Crippen LogP contribution in [0.25, 0.3) is 0 Å². The summed E-state index contributed by atoms with van der Waals surface area (Å²) in [4.78, 5) is 0. The van der Waals surface area contributed by atoms with Gasteiger partial charge in [-0.1, -0.05) is 12.8 Å². The van der Waals surface area contributed by atoms with Crippen LogP contribution in [0.5, 0.6) is 0 Å². The summed E-state index contributed by atoms with van der Waals surface area (Å²) < 4.78 is 12.5. The van der Waals surface area contributed by atoms with Crippen molar-refractivity contribution in [1.82, 2.24) is 0 Å². The zero-order chi connectivity index (χ0) is 18.6. The average molecular weight is 427 g/mol. The SMILES string of the molecule is C[N+](C)(C)CC(O)COCCCCCCOCC(O)C[N+](C)(C)C.Cl.Cl.[HH].[HH]. The summed E-state index contributed by atoms with van der Waals surface area (Å²) in [5, 5.41) is 19.6. The number of quaternary nitrogens is 2. The van der Waals surface area contributed by atoms with E-state index in [4.69, 9.17) is 9.47 Å². The fourth-order valence-electron chi connectivity index (χ4n) is 2.57. The minimum atomic E-state index is -0.392. The van der Waals surface area contributed by atoms with Crippen LogP contribution >= 0.6 is 24.8 Å². The highest BCUT2D eigenvalue weighted by atomic mass is 35.5. The number of nitrogens with zero attached hydrogens (tertiary/aromatic N) is 2. The highest BCUT2D eigenvalue weighted by Crippen LogP contribution is 2.03. The maximum Gasteiger partial charge on any atom is 0.126 e. The van der Waals surface area contributed by atoms with E-state index >= 15 is 0 Å². The van der Waals surface area contributed by atoms with E-state index in [1.807, 2.05) is 0 Å². The minimum absolute atomic E-state index is 0. The molecule has 166 valence electrons. The molecule has 6 nitrogen and oxygen atoms in total. The first-order valence-corrected chi connectivity index (χ1v) is 9.12. The van der Waals surface area contributed by atoms with E-state index in [2.05, 4.69) is 42.3 Å². The third-order valence-corrected chi connectivity index (χ3v) is 3.46. The molecule has 2 unspecified atom stereocenters. The molecule has 0 aliphatic heterocycles. The molecule has 0 bridgehead atoms. The Morgan fingerprint density at radius 1 is 0.654 bits per heavy atom. The number of unbranched alkanes of at least 4 members (excludes halogenated alkanes) is 3. The Morgan fingerprint density at radius 2 is 0.962 bits per heavy atom. The highest BCUT2D eigenvalue weighted by molar-refractivity contribution is 5.85. The smallest absolute Gasteiger partial charge is 0.126 e. The van der Waals surface area contributed by atoms with Crippen molar-refractivity contribution in [3.63, 3.8) is 0 Å². The summed E-state index contributed by atoms with van der Waals surface area (Å²) >= 11 is 0. The first-order chi connectivity index (χ1) is 11.0. The largest absolute Gasteiger partial charge is 0.385 e. The Bertz CT molecular complexity index is 291. The second-order valence-corrected chi connectivity index (χ2v) is 8.82. The van der Waals surface area contributed by atoms with Crippen molar-refractivity contribution in [1.29, 1.82) is 0 Å². The zero-order valence-corrected chi connectivity index (χ0v) is 19.3. The van der Waals surface area contributed by atoms with Gasteiger partial charge in [-0.25, -0.2) is 0 Å². The van der Waals surface area contributed by atoms with Crippen molar-refractivity contribution in [2.24, 2.45) is 0 Å². The van der Waals surface area contributed by atoms with Crippen molar-refractivity contribution >= 4 is 24.8 Å². The Kier molecular flexibility index (Phi) is 19.5. The first-order valence-electron chi connectivity index (χ1n) is 9.12. The van der Waals surface area contributed by atoms with Crippen LogP contribution in [0.4, 0.5) is 0 Å². The predicted octanol–water partition coefficient (Wildman–Crippen LogP) is 2.05. The van der Waals surface area contributed by atoms with Gasteiger partial charge >= 0.3 is 0 Å². The highest BCUT2D eigenvalue weighted by Gasteiger charge is 2.16. The second kappa shape index (κ2) is 16.3. The van der Waals surface area contributed by atoms with Crippen molar-refractivity contribution < 1.29 is 31.5 Å². The van der Waals surface area contributed by atoms with Gasteiger partial charge in [0, 0.05) is 16.1 Å². The quantitative estimate of drug-likeness (QED) is 0.310. The molecule has 0 aromatic carbocycles. The molecule has 26 heavy (non-hydrogen) atoms. The lowest BCUT2D eigenvalue weighted by molar-refractivity contribution is -0.873. The summed E-state index contributed by atoms with van der Waals surface area (Å²) in [5.41, 5.74) is 0. The monoisotopic (exact) mass is 426 g/mol. The lowest BCUT2D eigenvalue weighted by atomic mass is 10.2. The van der Waals surface area contributed by atoms with Gasteiger partial charge in [-0.3, -0.25) is 0 Å². The molecule has 8 heteroatoms. The van der Waals surface area contributed by atoms with Gasteiger partial charge < -0.3 is 28.7 Å². The third kappa shape index (κ3) is 24.3. The second-order valence-electron chi connectivity index (χ2n) is 8.82. The van der Waals surface area contributed by atoms with E-state index < -0.39 is 12.2 Å². The van der Waals surface area contributed by atoms with E-state index in [0.717, 1.165) is 34.6 Å². The molecule has 0 saturated heterocycles. The maximum atomic E-state index is 9.82. The molecule has 0 amide bonds. The average Bonchev–Trinajstić information content (AvgIpc) is 2.36. The number of hydrogen-bond acceptors (Lipinski definition) is 4. The van der Waals surface area contributed by atoms with Crippen molar-refractivity contribution in [3.8, 4) is 0 Å². The summed E-state index contributed by atoms with van der Waals surface area (Å²) in [6.07, 6.45) is 3.46. The van der Waals surface area contributed by atoms with Crippen LogP contribution in [-0.4, -0.2) is 113 Å². The number of ether oxygens (including phenoxy) is 2. The predicted molar refractivity (Wildman–Crippen MR) is 117 cm³/mol. The van der Waals surface area contributed by atoms with Gasteiger partial charge in [-0.15, -0.1) is 24.8 Å². The molecule has 0 aliphatic carbocycles. The molecule has 0 aromatic rings. The molecule has 0 rings (SSSR count). The molecule has 0 heterocycles. The van der Waals surface area contributed by atoms with Gasteiger partial charge in [-0.2, -0.15) is 0 Å². The lowest BCUT2D eigenvalue weighted by Gasteiger charge is -2.26. The Morgan fingerprint density at radius 3 is 1.23 bits per heavy atom. The number of halogens is 2. The summed E-state index contributed by atoms with van der Waals surface area (Å²) in [7, 11) is 12.4. The molecule has 2 N–H and O–H groups in total. The summed E-state index contributed by atoms with van der Waals surface area (Å²) in [6.45, 7) is 3.66. The van der Waals surface area contributed by atoms with E-state index in [0.29, 0.717) is 39.5 Å². The number of aliphatic hydroxyl groups excluding tert-OH is 2. The number of rotatable bonds is 15. The van der Waals surface area contributed by atoms with Crippen LogP contribution in [0.15, 0.2) is 0 Å². The third-order valence-electron chi connectivity index (χ3n) is 3.46. The molecular weight excluding hydrogens is 379 g/mol. The van der Waals surface area contributed by atoms with E-state index in [1.54, 1.807) is 0 Å². The molecular formula is C18H48Cl2N2O4+2. The molecule has 0 fully saturated rings. The van der Waals surface area contributed by atoms with Crippen LogP contribution in [0.2, 0.25) is 0 Å². The first kappa shape index (κ1) is 31.0. The molecule has 0 radical (unpaired) electrons. The van der Waals surface area contributed by atoms with Crippen molar-refractivity contribution in [2.45, 2.75) is 37.9 Å². The normalized spacial score (nSPS) is 14.3. The Labute approximate surface area is 176 Å². The molecule has 0 spiro atoms. The van der Waals surface area contributed by atoms with Crippen LogP contribution in [-0.2, 0) is 9.47 Å². The minimum Gasteiger partial charge on any atom is -0.385 e. The fourth-order valence-corrected chi connectivity index (χ4v) is 2.57. The van der Waals surface area contributed by atoms with E-state index in [1.165, 1.54) is 0 Å². The number of aliphatic hydroxyl groups is 2. The van der Waals surface area contributed by atoms with Gasteiger partial charge in [0.25, 0.3) is 0 Å². The van der Waals surface area contributed by atoms with Crippen LogP contribution in [0.3, 0.4) is 0 Å². The zero-order valence-electron chi connectivity index (χ0n) is 17.6. The summed E-state index contributed by atoms with van der Waals surface area (Å²) in [5.74, 6) is 0. The van der Waals surface area contributed by atoms with E-state index in [9.17, 15) is 10.2 Å². The number of hydrogen-bond donors (Lipinski definition) is 2. The van der Waals surface area contributed by atoms with Gasteiger partial charge in [0.05, 0.1) is 55.5 Å². The van der Waals surface area contributed by atoms with Gasteiger partial charge in [0.2, 0.25) is 0 Å². The topological polar surface area (TPSA) is 58.9 Å². The van der Waals surface area contributed by atoms with E-state index in [-0.39, 0.29) is 27.7 Å². The molecule has 0 aliphatic rings.